The van der Waals surface area contributed by atoms with Gasteiger partial charge in [-0.25, -0.2) is 0 Å². The summed E-state index contributed by atoms with van der Waals surface area (Å²) >= 11 is 0. The van der Waals surface area contributed by atoms with E-state index in [2.05, 4.69) is 17.1 Å². The minimum absolute atomic E-state index is 0.891. The second-order valence-corrected chi connectivity index (χ2v) is 5.22. The molecule has 2 aliphatic rings. The van der Waals surface area contributed by atoms with Crippen LogP contribution in [0.3, 0.4) is 0 Å². The number of nitrogens with zero attached hydrogens (tertiary/aromatic N) is 1. The summed E-state index contributed by atoms with van der Waals surface area (Å²) in [5, 5.41) is 3.46. The highest BCUT2D eigenvalue weighted by Gasteiger charge is 2.23. The van der Waals surface area contributed by atoms with Gasteiger partial charge in [0, 0.05) is 6.04 Å². The van der Waals surface area contributed by atoms with Gasteiger partial charge in [-0.3, -0.25) is 0 Å². The van der Waals surface area contributed by atoms with Gasteiger partial charge in [0.25, 0.3) is 0 Å². The fourth-order valence-corrected chi connectivity index (χ4v) is 3.13. The summed E-state index contributed by atoms with van der Waals surface area (Å²) in [4.78, 5) is 2.77. The van der Waals surface area contributed by atoms with Crippen molar-refractivity contribution in [1.29, 1.82) is 0 Å². The average molecular weight is 210 g/mol. The first-order valence-electron chi connectivity index (χ1n) is 6.85. The van der Waals surface area contributed by atoms with E-state index < -0.39 is 0 Å². The van der Waals surface area contributed by atoms with Gasteiger partial charge < -0.3 is 10.2 Å². The first-order valence-corrected chi connectivity index (χ1v) is 6.85. The summed E-state index contributed by atoms with van der Waals surface area (Å²) in [7, 11) is 0. The zero-order valence-corrected chi connectivity index (χ0v) is 10.2. The van der Waals surface area contributed by atoms with E-state index in [-0.39, 0.29) is 0 Å². The Hall–Kier alpha value is -0.0800. The summed E-state index contributed by atoms with van der Waals surface area (Å²) in [6.45, 7) is 7.55. The molecule has 2 saturated heterocycles. The molecule has 2 rings (SSSR count). The number of piperidine rings is 1. The Bertz CT molecular complexity index is 175. The first kappa shape index (κ1) is 11.4. The number of hydrogen-bond donors (Lipinski definition) is 1. The lowest BCUT2D eigenvalue weighted by molar-refractivity contribution is 0.166. The van der Waals surface area contributed by atoms with Crippen LogP contribution in [-0.2, 0) is 0 Å². The Labute approximate surface area is 94.4 Å². The molecule has 0 aliphatic carbocycles. The Balaban J connectivity index is 1.81. The van der Waals surface area contributed by atoms with Gasteiger partial charge in [0.1, 0.15) is 0 Å². The maximum atomic E-state index is 3.46. The lowest BCUT2D eigenvalue weighted by Crippen LogP contribution is -2.43. The van der Waals surface area contributed by atoms with Crippen LogP contribution in [0.25, 0.3) is 0 Å². The van der Waals surface area contributed by atoms with E-state index in [9.17, 15) is 0 Å². The van der Waals surface area contributed by atoms with E-state index in [1.165, 1.54) is 64.7 Å². The molecule has 0 amide bonds. The zero-order chi connectivity index (χ0) is 10.5. The highest BCUT2D eigenvalue weighted by molar-refractivity contribution is 4.80. The second kappa shape index (κ2) is 5.86. The second-order valence-electron chi connectivity index (χ2n) is 5.22. The van der Waals surface area contributed by atoms with Crippen molar-refractivity contribution in [2.45, 2.75) is 51.5 Å². The number of likely N-dealkylation sites (tertiary alicyclic amines) is 1. The van der Waals surface area contributed by atoms with Gasteiger partial charge in [-0.05, 0) is 64.2 Å². The molecule has 2 aliphatic heterocycles. The monoisotopic (exact) mass is 210 g/mol. The molecule has 2 heterocycles. The summed E-state index contributed by atoms with van der Waals surface area (Å²) in [6, 6.07) is 0.891. The molecular weight excluding hydrogens is 184 g/mol. The predicted molar refractivity (Wildman–Crippen MR) is 65.1 cm³/mol. The van der Waals surface area contributed by atoms with Gasteiger partial charge in [-0.2, -0.15) is 0 Å². The standard InChI is InChI=1S/C13H26N2/c1-2-12-4-3-10-15(11-7-12)13-5-8-14-9-6-13/h12-14H,2-11H2,1H3. The topological polar surface area (TPSA) is 15.3 Å². The maximum absolute atomic E-state index is 3.46. The van der Waals surface area contributed by atoms with Crippen LogP contribution in [0, 0.1) is 5.92 Å². The summed E-state index contributed by atoms with van der Waals surface area (Å²) < 4.78 is 0. The number of hydrogen-bond acceptors (Lipinski definition) is 2. The zero-order valence-electron chi connectivity index (χ0n) is 10.2. The quantitative estimate of drug-likeness (QED) is 0.752. The summed E-state index contributed by atoms with van der Waals surface area (Å²) in [5.41, 5.74) is 0. The summed E-state index contributed by atoms with van der Waals surface area (Å²) in [6.07, 6.45) is 8.48. The molecule has 2 nitrogen and oxygen atoms in total. The largest absolute Gasteiger partial charge is 0.317 e. The first-order chi connectivity index (χ1) is 7.40. The molecular formula is C13H26N2. The van der Waals surface area contributed by atoms with Crippen LogP contribution in [0.4, 0.5) is 0 Å². The molecule has 1 N–H and O–H groups in total. The Morgan fingerprint density at radius 3 is 2.60 bits per heavy atom. The van der Waals surface area contributed by atoms with Crippen LogP contribution >= 0.6 is 0 Å². The van der Waals surface area contributed by atoms with E-state index in [0.29, 0.717) is 0 Å². The van der Waals surface area contributed by atoms with Gasteiger partial charge in [-0.1, -0.05) is 13.3 Å². The molecule has 0 aromatic rings. The predicted octanol–water partition coefficient (Wildman–Crippen LogP) is 2.25. The fourth-order valence-electron chi connectivity index (χ4n) is 3.13. The molecule has 0 aromatic carbocycles. The molecule has 88 valence electrons. The fraction of sp³-hybridized carbons (Fsp3) is 1.00. The Morgan fingerprint density at radius 2 is 1.87 bits per heavy atom. The molecule has 0 aromatic heterocycles. The normalized spacial score (nSPS) is 31.4. The van der Waals surface area contributed by atoms with E-state index in [4.69, 9.17) is 0 Å². The van der Waals surface area contributed by atoms with Gasteiger partial charge >= 0.3 is 0 Å². The van der Waals surface area contributed by atoms with Crippen molar-refractivity contribution < 1.29 is 0 Å². The molecule has 2 fully saturated rings. The highest BCUT2D eigenvalue weighted by atomic mass is 15.2. The van der Waals surface area contributed by atoms with Gasteiger partial charge in [0.05, 0.1) is 0 Å². The van der Waals surface area contributed by atoms with Crippen LogP contribution < -0.4 is 5.32 Å². The maximum Gasteiger partial charge on any atom is 0.0119 e. The van der Waals surface area contributed by atoms with Crippen LogP contribution in [0.2, 0.25) is 0 Å². The van der Waals surface area contributed by atoms with Gasteiger partial charge in [0.2, 0.25) is 0 Å². The lowest BCUT2D eigenvalue weighted by Gasteiger charge is -2.33. The van der Waals surface area contributed by atoms with Crippen LogP contribution in [-0.4, -0.2) is 37.1 Å². The van der Waals surface area contributed by atoms with Crippen molar-refractivity contribution in [3.05, 3.63) is 0 Å². The van der Waals surface area contributed by atoms with Crippen LogP contribution in [0.15, 0.2) is 0 Å². The molecule has 2 heteroatoms. The third-order valence-electron chi connectivity index (χ3n) is 4.28. The SMILES string of the molecule is CCC1CCCN(C2CCNCC2)CC1. The van der Waals surface area contributed by atoms with E-state index in [0.717, 1.165) is 12.0 Å². The smallest absolute Gasteiger partial charge is 0.0119 e. The molecule has 1 unspecified atom stereocenters. The van der Waals surface area contributed by atoms with Gasteiger partial charge in [-0.15, -0.1) is 0 Å². The van der Waals surface area contributed by atoms with Gasteiger partial charge in [0.15, 0.2) is 0 Å². The van der Waals surface area contributed by atoms with Crippen LogP contribution in [0.1, 0.15) is 45.4 Å². The van der Waals surface area contributed by atoms with Crippen molar-refractivity contribution in [3.63, 3.8) is 0 Å². The third kappa shape index (κ3) is 3.18. The van der Waals surface area contributed by atoms with Crippen molar-refractivity contribution in [3.8, 4) is 0 Å². The highest BCUT2D eigenvalue weighted by Crippen LogP contribution is 2.23. The molecule has 0 radical (unpaired) electrons. The van der Waals surface area contributed by atoms with E-state index in [1.807, 2.05) is 0 Å². The molecule has 0 bridgehead atoms. The Kier molecular flexibility index (Phi) is 4.45. The van der Waals surface area contributed by atoms with Crippen molar-refractivity contribution >= 4 is 0 Å². The van der Waals surface area contributed by atoms with Crippen molar-refractivity contribution in [1.82, 2.24) is 10.2 Å². The van der Waals surface area contributed by atoms with E-state index >= 15 is 0 Å². The number of rotatable bonds is 2. The molecule has 0 spiro atoms. The minimum Gasteiger partial charge on any atom is -0.317 e. The molecule has 0 saturated carbocycles. The van der Waals surface area contributed by atoms with Crippen molar-refractivity contribution in [2.24, 2.45) is 5.92 Å². The van der Waals surface area contributed by atoms with Crippen molar-refractivity contribution in [2.75, 3.05) is 26.2 Å². The van der Waals surface area contributed by atoms with E-state index in [1.54, 1.807) is 0 Å². The third-order valence-corrected chi connectivity index (χ3v) is 4.28. The minimum atomic E-state index is 0.891. The number of nitrogens with one attached hydrogen (secondary N) is 1. The molecule has 1 atom stereocenters. The lowest BCUT2D eigenvalue weighted by atomic mass is 9.98. The average Bonchev–Trinajstić information content (AvgIpc) is 2.55. The Morgan fingerprint density at radius 1 is 1.07 bits per heavy atom. The summed E-state index contributed by atoms with van der Waals surface area (Å²) in [5.74, 6) is 1.01. The van der Waals surface area contributed by atoms with Crippen LogP contribution in [0.5, 0.6) is 0 Å². The molecule has 15 heavy (non-hydrogen) atoms.